The molecule has 26 heavy (non-hydrogen) atoms. The van der Waals surface area contributed by atoms with Crippen molar-refractivity contribution in [2.24, 2.45) is 5.73 Å². The average molecular weight is 398 g/mol. The fourth-order valence-corrected chi connectivity index (χ4v) is 4.15. The van der Waals surface area contributed by atoms with Crippen molar-refractivity contribution in [3.63, 3.8) is 0 Å². The molecule has 1 aliphatic carbocycles. The zero-order chi connectivity index (χ0) is 17.8. The number of hydrogen-bond donors (Lipinski definition) is 2. The molecule has 0 saturated heterocycles. The van der Waals surface area contributed by atoms with E-state index in [0.29, 0.717) is 0 Å². The average Bonchev–Trinajstić information content (AvgIpc) is 3.07. The number of rotatable bonds is 6. The number of hydrogen-bond acceptors (Lipinski definition) is 6. The Bertz CT molecular complexity index is 736. The first-order chi connectivity index (χ1) is 12.1. The summed E-state index contributed by atoms with van der Waals surface area (Å²) >= 11 is 1.64. The summed E-state index contributed by atoms with van der Waals surface area (Å²) in [5, 5.41) is 4.02. The van der Waals surface area contributed by atoms with E-state index in [1.165, 1.54) is 7.11 Å². The summed E-state index contributed by atoms with van der Waals surface area (Å²) in [4.78, 5) is 18.1. The fourth-order valence-electron chi connectivity index (χ4n) is 2.95. The number of carbonyl (C=O) groups excluding carboxylic acids is 1. The van der Waals surface area contributed by atoms with Gasteiger partial charge in [-0.2, -0.15) is 0 Å². The van der Waals surface area contributed by atoms with Crippen LogP contribution in [0.3, 0.4) is 0 Å². The molecule has 142 valence electrons. The molecule has 0 radical (unpaired) electrons. The van der Waals surface area contributed by atoms with Crippen molar-refractivity contribution in [3.05, 3.63) is 34.8 Å². The van der Waals surface area contributed by atoms with Crippen molar-refractivity contribution in [2.75, 3.05) is 20.8 Å². The molecule has 8 heteroatoms. The van der Waals surface area contributed by atoms with Crippen molar-refractivity contribution >= 4 is 29.7 Å². The first-order valence-electron chi connectivity index (χ1n) is 8.31. The summed E-state index contributed by atoms with van der Waals surface area (Å²) < 4.78 is 10.2. The highest BCUT2D eigenvalue weighted by Crippen LogP contribution is 2.38. The Morgan fingerprint density at radius 3 is 2.77 bits per heavy atom. The predicted octanol–water partition coefficient (Wildman–Crippen LogP) is 2.71. The van der Waals surface area contributed by atoms with Crippen LogP contribution in [0.5, 0.6) is 5.75 Å². The summed E-state index contributed by atoms with van der Waals surface area (Å²) in [7, 11) is 3.19. The van der Waals surface area contributed by atoms with Gasteiger partial charge in [-0.3, -0.25) is 4.79 Å². The predicted molar refractivity (Wildman–Crippen MR) is 105 cm³/mol. The quantitative estimate of drug-likeness (QED) is 0.782. The van der Waals surface area contributed by atoms with Crippen molar-refractivity contribution in [1.29, 1.82) is 0 Å². The van der Waals surface area contributed by atoms with Gasteiger partial charge >= 0.3 is 0 Å². The van der Waals surface area contributed by atoms with Crippen LogP contribution in [0, 0.1) is 0 Å². The molecule has 2 unspecified atom stereocenters. The minimum atomic E-state index is -0.649. The van der Waals surface area contributed by atoms with E-state index in [1.807, 2.05) is 24.3 Å². The lowest BCUT2D eigenvalue weighted by Gasteiger charge is -2.23. The molecule has 3 N–H and O–H groups in total. The number of aryl methyl sites for hydroxylation is 1. The van der Waals surface area contributed by atoms with E-state index in [0.717, 1.165) is 46.2 Å². The zero-order valence-corrected chi connectivity index (χ0v) is 16.5. The molecule has 1 heterocycles. The minimum absolute atomic E-state index is 0. The van der Waals surface area contributed by atoms with Crippen molar-refractivity contribution in [1.82, 2.24) is 10.3 Å². The highest BCUT2D eigenvalue weighted by atomic mass is 35.5. The van der Waals surface area contributed by atoms with E-state index in [4.69, 9.17) is 20.2 Å². The number of nitrogens with two attached hydrogens (primary N) is 1. The van der Waals surface area contributed by atoms with E-state index in [2.05, 4.69) is 5.32 Å². The largest absolute Gasteiger partial charge is 0.497 e. The van der Waals surface area contributed by atoms with Crippen LogP contribution in [0.4, 0.5) is 0 Å². The molecule has 1 aromatic heterocycles. The molecule has 2 atom stereocenters. The van der Waals surface area contributed by atoms with Gasteiger partial charge in [0.15, 0.2) is 0 Å². The highest BCUT2D eigenvalue weighted by Gasteiger charge is 2.27. The second-order valence-electron chi connectivity index (χ2n) is 6.07. The molecule has 1 aliphatic rings. The van der Waals surface area contributed by atoms with Crippen LogP contribution in [0.2, 0.25) is 0 Å². The molecular weight excluding hydrogens is 374 g/mol. The first-order valence-corrected chi connectivity index (χ1v) is 9.13. The monoisotopic (exact) mass is 397 g/mol. The Morgan fingerprint density at radius 1 is 1.38 bits per heavy atom. The topological polar surface area (TPSA) is 86.5 Å². The first kappa shape index (κ1) is 20.6. The normalized spacial score (nSPS) is 17.0. The number of carbonyl (C=O) groups is 1. The van der Waals surface area contributed by atoms with E-state index in [-0.39, 0.29) is 31.0 Å². The van der Waals surface area contributed by atoms with Gasteiger partial charge in [-0.15, -0.1) is 23.7 Å². The summed E-state index contributed by atoms with van der Waals surface area (Å²) in [5.74, 6) is 0.640. The number of fused-ring (bicyclic) bond motifs is 1. The van der Waals surface area contributed by atoms with Crippen LogP contribution in [0.15, 0.2) is 24.3 Å². The number of ether oxygens (including phenoxy) is 2. The third kappa shape index (κ3) is 4.54. The van der Waals surface area contributed by atoms with Crippen molar-refractivity contribution in [2.45, 2.75) is 31.3 Å². The van der Waals surface area contributed by atoms with Crippen LogP contribution in [0.1, 0.15) is 29.5 Å². The molecule has 6 nitrogen and oxygen atoms in total. The van der Waals surface area contributed by atoms with Gasteiger partial charge in [-0.05, 0) is 43.5 Å². The van der Waals surface area contributed by atoms with Gasteiger partial charge in [0.2, 0.25) is 5.91 Å². The van der Waals surface area contributed by atoms with Crippen LogP contribution in [-0.4, -0.2) is 37.8 Å². The molecule has 0 saturated carbocycles. The Labute approximate surface area is 163 Å². The smallest absolute Gasteiger partial charge is 0.239 e. The standard InChI is InChI=1S/C18H23N3O3S.ClH/c1-23-10-13(19)17(22)20-14-4-3-5-15-16(14)25-18(21-15)11-6-8-12(24-2)9-7-11;/h6-9,13-14H,3-5,10,19H2,1-2H3,(H,20,22);1H. The molecule has 1 aromatic carbocycles. The Kier molecular flexibility index (Phi) is 7.40. The maximum atomic E-state index is 12.2. The Morgan fingerprint density at radius 2 is 2.12 bits per heavy atom. The maximum Gasteiger partial charge on any atom is 0.239 e. The number of amides is 1. The lowest BCUT2D eigenvalue weighted by molar-refractivity contribution is -0.124. The SMILES string of the molecule is COCC(N)C(=O)NC1CCCc2nc(-c3ccc(OC)cc3)sc21.Cl. The third-order valence-electron chi connectivity index (χ3n) is 4.29. The van der Waals surface area contributed by atoms with Crippen molar-refractivity contribution < 1.29 is 14.3 Å². The second kappa shape index (κ2) is 9.32. The van der Waals surface area contributed by atoms with Crippen molar-refractivity contribution in [3.8, 4) is 16.3 Å². The maximum absolute atomic E-state index is 12.2. The van der Waals surface area contributed by atoms with E-state index < -0.39 is 6.04 Å². The van der Waals surface area contributed by atoms with Gasteiger partial charge in [-0.25, -0.2) is 4.98 Å². The minimum Gasteiger partial charge on any atom is -0.497 e. The lowest BCUT2D eigenvalue weighted by atomic mass is 9.98. The molecule has 0 fully saturated rings. The van der Waals surface area contributed by atoms with E-state index in [9.17, 15) is 4.79 Å². The molecule has 2 aromatic rings. The summed E-state index contributed by atoms with van der Waals surface area (Å²) in [5.41, 5.74) is 7.96. The number of aromatic nitrogens is 1. The van der Waals surface area contributed by atoms with Crippen LogP contribution in [0.25, 0.3) is 10.6 Å². The zero-order valence-electron chi connectivity index (χ0n) is 14.9. The van der Waals surface area contributed by atoms with Gasteiger partial charge in [0, 0.05) is 12.7 Å². The van der Waals surface area contributed by atoms with Gasteiger partial charge in [0.05, 0.1) is 30.3 Å². The highest BCUT2D eigenvalue weighted by molar-refractivity contribution is 7.15. The number of thiazole rings is 1. The summed E-state index contributed by atoms with van der Waals surface area (Å²) in [6.45, 7) is 0.213. The van der Waals surface area contributed by atoms with Crippen LogP contribution in [-0.2, 0) is 16.0 Å². The Hall–Kier alpha value is -1.67. The van der Waals surface area contributed by atoms with Crippen LogP contribution < -0.4 is 15.8 Å². The molecule has 3 rings (SSSR count). The fraction of sp³-hybridized carbons (Fsp3) is 0.444. The van der Waals surface area contributed by atoms with Gasteiger partial charge < -0.3 is 20.5 Å². The molecule has 0 spiro atoms. The summed E-state index contributed by atoms with van der Waals surface area (Å²) in [6.07, 6.45) is 2.85. The number of nitrogens with zero attached hydrogens (tertiary/aromatic N) is 1. The lowest BCUT2D eigenvalue weighted by Crippen LogP contribution is -2.45. The van der Waals surface area contributed by atoms with Gasteiger partial charge in [-0.1, -0.05) is 0 Å². The molecular formula is C18H24ClN3O3S. The Balaban J connectivity index is 0.00000243. The van der Waals surface area contributed by atoms with E-state index in [1.54, 1.807) is 18.4 Å². The van der Waals surface area contributed by atoms with Gasteiger partial charge in [0.25, 0.3) is 0 Å². The number of methoxy groups -OCH3 is 2. The molecule has 0 aliphatic heterocycles. The molecule has 1 amide bonds. The summed E-state index contributed by atoms with van der Waals surface area (Å²) in [6, 6.07) is 7.20. The number of benzene rings is 1. The third-order valence-corrected chi connectivity index (χ3v) is 5.55. The van der Waals surface area contributed by atoms with E-state index >= 15 is 0 Å². The number of nitrogens with one attached hydrogen (secondary N) is 1. The number of halogens is 1. The second-order valence-corrected chi connectivity index (χ2v) is 7.10. The van der Waals surface area contributed by atoms with Crippen LogP contribution >= 0.6 is 23.7 Å². The molecule has 0 bridgehead atoms. The van der Waals surface area contributed by atoms with Gasteiger partial charge in [0.1, 0.15) is 16.8 Å².